The minimum atomic E-state index is -3.49. The number of benzene rings is 2. The van der Waals surface area contributed by atoms with E-state index in [1.165, 1.54) is 4.31 Å². The van der Waals surface area contributed by atoms with E-state index in [2.05, 4.69) is 5.32 Å². The zero-order chi connectivity index (χ0) is 17.7. The molecule has 0 aliphatic heterocycles. The molecule has 7 heteroatoms. The standard InChI is InChI=1S/C17H19ClN2O3S/c1-13-3-7-15(8-4-13)19-17(21)11-12-20(24(2,22)23)16-9-5-14(18)6-10-16/h3-10H,11-12H2,1-2H3,(H,19,21). The molecule has 0 saturated carbocycles. The van der Waals surface area contributed by atoms with Crippen LogP contribution in [0.15, 0.2) is 48.5 Å². The molecule has 0 aliphatic carbocycles. The van der Waals surface area contributed by atoms with E-state index < -0.39 is 10.0 Å². The van der Waals surface area contributed by atoms with Crippen molar-refractivity contribution in [3.8, 4) is 0 Å². The number of rotatable bonds is 6. The van der Waals surface area contributed by atoms with Gasteiger partial charge in [0.05, 0.1) is 11.9 Å². The number of nitrogens with one attached hydrogen (secondary N) is 1. The van der Waals surface area contributed by atoms with Gasteiger partial charge in [0.1, 0.15) is 0 Å². The van der Waals surface area contributed by atoms with Gasteiger partial charge < -0.3 is 5.32 Å². The highest BCUT2D eigenvalue weighted by Crippen LogP contribution is 2.20. The summed E-state index contributed by atoms with van der Waals surface area (Å²) in [6, 6.07) is 13.9. The quantitative estimate of drug-likeness (QED) is 0.851. The van der Waals surface area contributed by atoms with Gasteiger partial charge in [-0.1, -0.05) is 29.3 Å². The SMILES string of the molecule is Cc1ccc(NC(=O)CCN(c2ccc(Cl)cc2)S(C)(=O)=O)cc1. The molecule has 0 saturated heterocycles. The highest BCUT2D eigenvalue weighted by molar-refractivity contribution is 7.92. The van der Waals surface area contributed by atoms with Gasteiger partial charge in [-0.25, -0.2) is 8.42 Å². The lowest BCUT2D eigenvalue weighted by Crippen LogP contribution is -2.33. The zero-order valence-corrected chi connectivity index (χ0v) is 15.1. The van der Waals surface area contributed by atoms with Crippen LogP contribution in [-0.2, 0) is 14.8 Å². The molecular weight excluding hydrogens is 348 g/mol. The first-order valence-corrected chi connectivity index (χ1v) is 9.58. The van der Waals surface area contributed by atoms with Crippen LogP contribution in [-0.4, -0.2) is 27.1 Å². The first-order chi connectivity index (χ1) is 11.3. The summed E-state index contributed by atoms with van der Waals surface area (Å²) in [5.74, 6) is -0.249. The summed E-state index contributed by atoms with van der Waals surface area (Å²) in [6.45, 7) is 2.01. The Bertz CT molecular complexity index is 803. The average molecular weight is 367 g/mol. The van der Waals surface area contributed by atoms with Crippen LogP contribution in [0.4, 0.5) is 11.4 Å². The number of hydrogen-bond acceptors (Lipinski definition) is 3. The Morgan fingerprint density at radius 1 is 1.08 bits per heavy atom. The van der Waals surface area contributed by atoms with Gasteiger partial charge in [-0.2, -0.15) is 0 Å². The van der Waals surface area contributed by atoms with Crippen LogP contribution in [0.1, 0.15) is 12.0 Å². The number of carbonyl (C=O) groups excluding carboxylic acids is 1. The fourth-order valence-corrected chi connectivity index (χ4v) is 3.21. The number of halogens is 1. The van der Waals surface area contributed by atoms with Crippen molar-refractivity contribution >= 4 is 38.9 Å². The Hall–Kier alpha value is -2.05. The monoisotopic (exact) mass is 366 g/mol. The maximum Gasteiger partial charge on any atom is 0.232 e. The molecule has 0 unspecified atom stereocenters. The Morgan fingerprint density at radius 2 is 1.67 bits per heavy atom. The van der Waals surface area contributed by atoms with Gasteiger partial charge in [0, 0.05) is 23.7 Å². The van der Waals surface area contributed by atoms with Gasteiger partial charge in [0.25, 0.3) is 0 Å². The first-order valence-electron chi connectivity index (χ1n) is 7.35. The average Bonchev–Trinajstić information content (AvgIpc) is 2.50. The molecule has 2 rings (SSSR count). The van der Waals surface area contributed by atoms with Crippen LogP contribution in [0.25, 0.3) is 0 Å². The molecule has 0 spiro atoms. The van der Waals surface area contributed by atoms with Gasteiger partial charge in [0.15, 0.2) is 0 Å². The molecule has 0 radical (unpaired) electrons. The molecule has 0 heterocycles. The van der Waals surface area contributed by atoms with E-state index in [1.807, 2.05) is 19.1 Å². The molecule has 5 nitrogen and oxygen atoms in total. The lowest BCUT2D eigenvalue weighted by molar-refractivity contribution is -0.116. The molecule has 0 aromatic heterocycles. The molecule has 1 amide bonds. The van der Waals surface area contributed by atoms with Crippen molar-refractivity contribution in [2.24, 2.45) is 0 Å². The number of carbonyl (C=O) groups is 1. The van der Waals surface area contributed by atoms with E-state index in [1.54, 1.807) is 36.4 Å². The minimum Gasteiger partial charge on any atom is -0.326 e. The number of hydrogen-bond donors (Lipinski definition) is 1. The van der Waals surface area contributed by atoms with Crippen LogP contribution in [0.5, 0.6) is 0 Å². The smallest absolute Gasteiger partial charge is 0.232 e. The van der Waals surface area contributed by atoms with Gasteiger partial charge in [-0.15, -0.1) is 0 Å². The molecule has 128 valence electrons. The molecule has 0 aliphatic rings. The van der Waals surface area contributed by atoms with E-state index in [0.29, 0.717) is 16.4 Å². The van der Waals surface area contributed by atoms with Crippen LogP contribution in [0, 0.1) is 6.92 Å². The van der Waals surface area contributed by atoms with Crippen molar-refractivity contribution in [2.45, 2.75) is 13.3 Å². The second kappa shape index (κ2) is 7.68. The van der Waals surface area contributed by atoms with Crippen LogP contribution in [0.3, 0.4) is 0 Å². The van der Waals surface area contributed by atoms with Crippen LogP contribution >= 0.6 is 11.6 Å². The molecule has 1 N–H and O–H groups in total. The Morgan fingerprint density at radius 3 is 2.21 bits per heavy atom. The molecule has 0 atom stereocenters. The van der Waals surface area contributed by atoms with E-state index in [9.17, 15) is 13.2 Å². The van der Waals surface area contributed by atoms with Crippen molar-refractivity contribution < 1.29 is 13.2 Å². The summed E-state index contributed by atoms with van der Waals surface area (Å²) in [5, 5.41) is 3.27. The summed E-state index contributed by atoms with van der Waals surface area (Å²) < 4.78 is 25.2. The zero-order valence-electron chi connectivity index (χ0n) is 13.5. The molecule has 0 bridgehead atoms. The second-order valence-corrected chi connectivity index (χ2v) is 7.82. The van der Waals surface area contributed by atoms with Gasteiger partial charge in [-0.05, 0) is 43.3 Å². The predicted molar refractivity (Wildman–Crippen MR) is 98.1 cm³/mol. The van der Waals surface area contributed by atoms with Gasteiger partial charge in [-0.3, -0.25) is 9.10 Å². The Kier molecular flexibility index (Phi) is 5.85. The van der Waals surface area contributed by atoms with Gasteiger partial charge >= 0.3 is 0 Å². The minimum absolute atomic E-state index is 0.0452. The van der Waals surface area contributed by atoms with Crippen molar-refractivity contribution in [1.29, 1.82) is 0 Å². The lowest BCUT2D eigenvalue weighted by atomic mass is 10.2. The van der Waals surface area contributed by atoms with Crippen LogP contribution in [0.2, 0.25) is 5.02 Å². The maximum absolute atomic E-state index is 12.1. The van der Waals surface area contributed by atoms with Crippen molar-refractivity contribution in [2.75, 3.05) is 22.4 Å². The summed E-state index contributed by atoms with van der Waals surface area (Å²) in [7, 11) is -3.49. The Balaban J connectivity index is 2.04. The highest BCUT2D eigenvalue weighted by Gasteiger charge is 2.18. The number of anilines is 2. The largest absolute Gasteiger partial charge is 0.326 e. The van der Waals surface area contributed by atoms with E-state index in [-0.39, 0.29) is 18.9 Å². The van der Waals surface area contributed by atoms with Crippen LogP contribution < -0.4 is 9.62 Å². The van der Waals surface area contributed by atoms with E-state index in [0.717, 1.165) is 11.8 Å². The summed E-state index contributed by atoms with van der Waals surface area (Å²) >= 11 is 5.83. The normalized spacial score (nSPS) is 11.1. The van der Waals surface area contributed by atoms with E-state index in [4.69, 9.17) is 11.6 Å². The maximum atomic E-state index is 12.1. The van der Waals surface area contributed by atoms with Crippen molar-refractivity contribution in [3.05, 3.63) is 59.1 Å². The third-order valence-corrected chi connectivity index (χ3v) is 4.84. The Labute approximate surface area is 147 Å². The molecule has 0 fully saturated rings. The molecule has 24 heavy (non-hydrogen) atoms. The summed E-state index contributed by atoms with van der Waals surface area (Å²) in [4.78, 5) is 12.1. The lowest BCUT2D eigenvalue weighted by Gasteiger charge is -2.22. The predicted octanol–water partition coefficient (Wildman–Crippen LogP) is 3.44. The third kappa shape index (κ3) is 5.25. The second-order valence-electron chi connectivity index (χ2n) is 5.48. The van der Waals surface area contributed by atoms with Crippen molar-refractivity contribution in [1.82, 2.24) is 0 Å². The first kappa shape index (κ1) is 18.3. The number of nitrogens with zero attached hydrogens (tertiary/aromatic N) is 1. The number of amides is 1. The molecule has 2 aromatic rings. The highest BCUT2D eigenvalue weighted by atomic mass is 35.5. The fourth-order valence-electron chi connectivity index (χ4n) is 2.16. The van der Waals surface area contributed by atoms with E-state index >= 15 is 0 Å². The molecular formula is C17H19ClN2O3S. The van der Waals surface area contributed by atoms with Crippen molar-refractivity contribution in [3.63, 3.8) is 0 Å². The summed E-state index contributed by atoms with van der Waals surface area (Å²) in [6.07, 6.45) is 1.16. The third-order valence-electron chi connectivity index (χ3n) is 3.39. The van der Waals surface area contributed by atoms with Gasteiger partial charge in [0.2, 0.25) is 15.9 Å². The molecule has 2 aromatic carbocycles. The number of aryl methyl sites for hydroxylation is 1. The topological polar surface area (TPSA) is 66.5 Å². The summed E-state index contributed by atoms with van der Waals surface area (Å²) in [5.41, 5.74) is 2.26. The fraction of sp³-hybridized carbons (Fsp3) is 0.235. The number of sulfonamides is 1.